The van der Waals surface area contributed by atoms with Gasteiger partial charge in [-0.1, -0.05) is 39.8 Å². The Kier molecular flexibility index (Phi) is 5.12. The smallest absolute Gasteiger partial charge is 0.123 e. The summed E-state index contributed by atoms with van der Waals surface area (Å²) in [5, 5.41) is 6.58. The van der Waals surface area contributed by atoms with Crippen LogP contribution in [0.15, 0.2) is 29.6 Å². The predicted molar refractivity (Wildman–Crippen MR) is 87.4 cm³/mol. The number of nitrogens with zero attached hydrogens (tertiary/aromatic N) is 1. The summed E-state index contributed by atoms with van der Waals surface area (Å²) in [5.41, 5.74) is 2.05. The molecule has 1 N–H and O–H groups in total. The number of nitrogens with one attached hydrogen (secondary N) is 1. The van der Waals surface area contributed by atoms with Crippen molar-refractivity contribution in [2.75, 3.05) is 6.54 Å². The van der Waals surface area contributed by atoms with Crippen LogP contribution in [0.25, 0.3) is 0 Å². The van der Waals surface area contributed by atoms with Crippen LogP contribution in [0.3, 0.4) is 0 Å². The fourth-order valence-corrected chi connectivity index (χ4v) is 3.23. The van der Waals surface area contributed by atoms with E-state index < -0.39 is 0 Å². The maximum absolute atomic E-state index is 13.5. The van der Waals surface area contributed by atoms with Crippen LogP contribution < -0.4 is 5.32 Å². The van der Waals surface area contributed by atoms with E-state index in [0.29, 0.717) is 0 Å². The van der Waals surface area contributed by atoms with Crippen LogP contribution in [-0.2, 0) is 5.41 Å². The molecule has 0 saturated heterocycles. The lowest BCUT2D eigenvalue weighted by Crippen LogP contribution is -2.23. The first-order valence-electron chi connectivity index (χ1n) is 7.36. The van der Waals surface area contributed by atoms with Gasteiger partial charge in [-0.2, -0.15) is 0 Å². The van der Waals surface area contributed by atoms with Crippen molar-refractivity contribution in [3.8, 4) is 0 Å². The number of rotatable bonds is 5. The summed E-state index contributed by atoms with van der Waals surface area (Å²) in [7, 11) is 0. The fraction of sp³-hybridized carbons (Fsp3) is 0.471. The number of hydrogen-bond acceptors (Lipinski definition) is 3. The van der Waals surface area contributed by atoms with E-state index in [9.17, 15) is 4.39 Å². The molecule has 4 heteroatoms. The van der Waals surface area contributed by atoms with Gasteiger partial charge in [-0.15, -0.1) is 11.3 Å². The normalized spacial score (nSPS) is 13.4. The molecule has 0 radical (unpaired) electrons. The number of benzene rings is 1. The van der Waals surface area contributed by atoms with Crippen molar-refractivity contribution in [3.63, 3.8) is 0 Å². The summed E-state index contributed by atoms with van der Waals surface area (Å²) in [6.45, 7) is 9.47. The highest BCUT2D eigenvalue weighted by atomic mass is 32.1. The van der Waals surface area contributed by atoms with Gasteiger partial charge in [0.25, 0.3) is 0 Å². The Hall–Kier alpha value is -1.26. The Morgan fingerprint density at radius 1 is 1.33 bits per heavy atom. The fourth-order valence-electron chi connectivity index (χ4n) is 2.09. The van der Waals surface area contributed by atoms with Crippen LogP contribution >= 0.6 is 11.3 Å². The van der Waals surface area contributed by atoms with Crippen molar-refractivity contribution < 1.29 is 4.39 Å². The molecule has 0 saturated carbocycles. The molecular formula is C17H23FN2S. The molecule has 0 bridgehead atoms. The van der Waals surface area contributed by atoms with E-state index in [-0.39, 0.29) is 17.3 Å². The monoisotopic (exact) mass is 306 g/mol. The summed E-state index contributed by atoms with van der Waals surface area (Å²) < 4.78 is 13.5. The highest BCUT2D eigenvalue weighted by Crippen LogP contribution is 2.30. The van der Waals surface area contributed by atoms with Crippen molar-refractivity contribution in [2.45, 2.75) is 45.6 Å². The largest absolute Gasteiger partial charge is 0.304 e. The van der Waals surface area contributed by atoms with Crippen molar-refractivity contribution in [1.82, 2.24) is 10.3 Å². The lowest BCUT2D eigenvalue weighted by atomic mass is 9.93. The van der Waals surface area contributed by atoms with Gasteiger partial charge in [-0.3, -0.25) is 0 Å². The third-order valence-corrected chi connectivity index (χ3v) is 4.23. The molecule has 1 aromatic heterocycles. The molecule has 0 aliphatic heterocycles. The van der Waals surface area contributed by atoms with E-state index in [2.05, 4.69) is 38.4 Å². The van der Waals surface area contributed by atoms with Gasteiger partial charge in [0, 0.05) is 10.8 Å². The van der Waals surface area contributed by atoms with Crippen LogP contribution in [0.4, 0.5) is 4.39 Å². The average Bonchev–Trinajstić information content (AvgIpc) is 2.89. The second-order valence-corrected chi connectivity index (χ2v) is 7.15. The summed E-state index contributed by atoms with van der Waals surface area (Å²) in [6, 6.07) is 6.73. The molecule has 0 spiro atoms. The Bertz CT molecular complexity index is 586. The molecule has 2 nitrogen and oxygen atoms in total. The molecule has 0 aliphatic carbocycles. The van der Waals surface area contributed by atoms with Crippen LogP contribution in [0.5, 0.6) is 0 Å². The zero-order valence-electron chi connectivity index (χ0n) is 13.1. The Balaban J connectivity index is 2.34. The second kappa shape index (κ2) is 6.67. The van der Waals surface area contributed by atoms with Gasteiger partial charge in [-0.25, -0.2) is 9.37 Å². The highest BCUT2D eigenvalue weighted by molar-refractivity contribution is 7.09. The lowest BCUT2D eigenvalue weighted by Gasteiger charge is -2.18. The minimum Gasteiger partial charge on any atom is -0.304 e. The van der Waals surface area contributed by atoms with E-state index in [4.69, 9.17) is 4.98 Å². The minimum atomic E-state index is -0.205. The molecular weight excluding hydrogens is 283 g/mol. The zero-order valence-corrected chi connectivity index (χ0v) is 13.9. The van der Waals surface area contributed by atoms with Crippen molar-refractivity contribution in [1.29, 1.82) is 0 Å². The molecule has 0 amide bonds. The van der Waals surface area contributed by atoms with Gasteiger partial charge >= 0.3 is 0 Å². The summed E-state index contributed by atoms with van der Waals surface area (Å²) in [6.07, 6.45) is 1.03. The van der Waals surface area contributed by atoms with Gasteiger partial charge in [-0.05, 0) is 30.7 Å². The molecule has 0 fully saturated rings. The molecule has 2 rings (SSSR count). The SMILES string of the molecule is CCCNC(c1cccc(F)c1)c1nc(C(C)(C)C)cs1. The predicted octanol–water partition coefficient (Wildman–Crippen LogP) is 4.67. The van der Waals surface area contributed by atoms with Gasteiger partial charge in [0.1, 0.15) is 10.8 Å². The van der Waals surface area contributed by atoms with Crippen LogP contribution in [-0.4, -0.2) is 11.5 Å². The molecule has 114 valence electrons. The molecule has 1 unspecified atom stereocenters. The third kappa shape index (κ3) is 4.11. The van der Waals surface area contributed by atoms with Crippen molar-refractivity contribution in [3.05, 3.63) is 51.7 Å². The van der Waals surface area contributed by atoms with Crippen LogP contribution in [0, 0.1) is 5.82 Å². The molecule has 21 heavy (non-hydrogen) atoms. The number of thiazole rings is 1. The van der Waals surface area contributed by atoms with Gasteiger partial charge in [0.15, 0.2) is 0 Å². The average molecular weight is 306 g/mol. The maximum atomic E-state index is 13.5. The maximum Gasteiger partial charge on any atom is 0.123 e. The van der Waals surface area contributed by atoms with E-state index >= 15 is 0 Å². The Morgan fingerprint density at radius 2 is 2.10 bits per heavy atom. The third-order valence-electron chi connectivity index (χ3n) is 3.32. The topological polar surface area (TPSA) is 24.9 Å². The summed E-state index contributed by atoms with van der Waals surface area (Å²) in [4.78, 5) is 4.77. The minimum absolute atomic E-state index is 0.0337. The van der Waals surface area contributed by atoms with Gasteiger partial charge in [0.05, 0.1) is 11.7 Å². The lowest BCUT2D eigenvalue weighted by molar-refractivity contribution is 0.555. The van der Waals surface area contributed by atoms with E-state index in [1.165, 1.54) is 6.07 Å². The molecule has 1 aromatic carbocycles. The standard InChI is InChI=1S/C17H23FN2S/c1-5-9-19-15(12-7-6-8-13(18)10-12)16-20-14(11-21-16)17(2,3)4/h6-8,10-11,15,19H,5,9H2,1-4H3. The van der Waals surface area contributed by atoms with Crippen LogP contribution in [0.2, 0.25) is 0 Å². The number of hydrogen-bond donors (Lipinski definition) is 1. The van der Waals surface area contributed by atoms with E-state index in [0.717, 1.165) is 29.2 Å². The number of halogens is 1. The second-order valence-electron chi connectivity index (χ2n) is 6.26. The number of aromatic nitrogens is 1. The first-order valence-corrected chi connectivity index (χ1v) is 8.24. The summed E-state index contributed by atoms with van der Waals surface area (Å²) >= 11 is 1.64. The molecule has 2 aromatic rings. The van der Waals surface area contributed by atoms with E-state index in [1.54, 1.807) is 23.5 Å². The van der Waals surface area contributed by atoms with Crippen molar-refractivity contribution in [2.24, 2.45) is 0 Å². The quantitative estimate of drug-likeness (QED) is 0.868. The van der Waals surface area contributed by atoms with E-state index in [1.807, 2.05) is 6.07 Å². The molecule has 1 heterocycles. The van der Waals surface area contributed by atoms with Gasteiger partial charge in [0.2, 0.25) is 0 Å². The van der Waals surface area contributed by atoms with Gasteiger partial charge < -0.3 is 5.32 Å². The Labute approximate surface area is 130 Å². The first kappa shape index (κ1) is 16.1. The first-order chi connectivity index (χ1) is 9.91. The molecule has 0 aliphatic rings. The van der Waals surface area contributed by atoms with Crippen LogP contribution in [0.1, 0.15) is 56.4 Å². The molecule has 1 atom stereocenters. The highest BCUT2D eigenvalue weighted by Gasteiger charge is 2.22. The zero-order chi connectivity index (χ0) is 15.5. The van der Waals surface area contributed by atoms with Crippen molar-refractivity contribution >= 4 is 11.3 Å². The Morgan fingerprint density at radius 3 is 2.67 bits per heavy atom. The summed E-state index contributed by atoms with van der Waals surface area (Å²) in [5.74, 6) is -0.205.